The highest BCUT2D eigenvalue weighted by molar-refractivity contribution is 7.21. The van der Waals surface area contributed by atoms with Crippen LogP contribution >= 0.6 is 22.9 Å². The highest BCUT2D eigenvalue weighted by atomic mass is 35.5. The molecule has 130 valence electrons. The fourth-order valence-corrected chi connectivity index (χ4v) is 5.03. The van der Waals surface area contributed by atoms with Crippen molar-refractivity contribution in [1.82, 2.24) is 9.80 Å². The number of benzene rings is 1. The van der Waals surface area contributed by atoms with Gasteiger partial charge < -0.3 is 9.80 Å². The quantitative estimate of drug-likeness (QED) is 0.728. The van der Waals surface area contributed by atoms with Crippen molar-refractivity contribution in [3.8, 4) is 0 Å². The van der Waals surface area contributed by atoms with Crippen LogP contribution in [0.25, 0.3) is 10.1 Å². The number of carbonyl (C=O) groups is 1. The summed E-state index contributed by atoms with van der Waals surface area (Å²) in [5, 5.41) is 1.59. The van der Waals surface area contributed by atoms with Crippen LogP contribution in [0.3, 0.4) is 0 Å². The second-order valence-corrected chi connectivity index (χ2v) is 7.83. The van der Waals surface area contributed by atoms with Crippen molar-refractivity contribution < 1.29 is 4.79 Å². The topological polar surface area (TPSA) is 23.6 Å². The second kappa shape index (κ2) is 7.85. The number of amides is 1. The fraction of sp³-hybridized carbons (Fsp3) is 0.526. The Hall–Kier alpha value is -1.10. The van der Waals surface area contributed by atoms with E-state index in [1.54, 1.807) is 0 Å². The monoisotopic (exact) mass is 364 g/mol. The predicted molar refractivity (Wildman–Crippen MR) is 103 cm³/mol. The van der Waals surface area contributed by atoms with Crippen LogP contribution in [0.2, 0.25) is 5.02 Å². The van der Waals surface area contributed by atoms with Crippen LogP contribution < -0.4 is 0 Å². The molecule has 5 heteroatoms. The van der Waals surface area contributed by atoms with Crippen molar-refractivity contribution in [3.05, 3.63) is 34.2 Å². The molecule has 0 radical (unpaired) electrons. The number of likely N-dealkylation sites (tertiary alicyclic amines) is 1. The lowest BCUT2D eigenvalue weighted by atomic mass is 10.1. The number of fused-ring (bicyclic) bond motifs is 1. The zero-order valence-corrected chi connectivity index (χ0v) is 16.0. The number of carbonyl (C=O) groups excluding carboxylic acids is 1. The van der Waals surface area contributed by atoms with Crippen molar-refractivity contribution in [1.29, 1.82) is 0 Å². The van der Waals surface area contributed by atoms with Gasteiger partial charge in [0.05, 0.1) is 5.02 Å². The molecule has 0 N–H and O–H groups in total. The van der Waals surface area contributed by atoms with E-state index >= 15 is 0 Å². The smallest absolute Gasteiger partial charge is 0.265 e. The van der Waals surface area contributed by atoms with E-state index in [-0.39, 0.29) is 11.9 Å². The van der Waals surface area contributed by atoms with Gasteiger partial charge in [0.15, 0.2) is 0 Å². The van der Waals surface area contributed by atoms with Crippen molar-refractivity contribution >= 4 is 38.9 Å². The Bertz CT molecular complexity index is 708. The molecule has 1 fully saturated rings. The van der Waals surface area contributed by atoms with Gasteiger partial charge in [-0.1, -0.05) is 36.7 Å². The number of rotatable bonds is 6. The van der Waals surface area contributed by atoms with E-state index in [2.05, 4.69) is 18.7 Å². The lowest BCUT2D eigenvalue weighted by Gasteiger charge is -2.33. The summed E-state index contributed by atoms with van der Waals surface area (Å²) in [7, 11) is 0. The molecule has 0 aliphatic carbocycles. The third-order valence-corrected chi connectivity index (χ3v) is 6.57. The molecule has 0 saturated carbocycles. The van der Waals surface area contributed by atoms with Gasteiger partial charge in [-0.15, -0.1) is 11.3 Å². The Morgan fingerprint density at radius 3 is 2.62 bits per heavy atom. The summed E-state index contributed by atoms with van der Waals surface area (Å²) in [6, 6.07) is 8.23. The molecule has 3 nitrogen and oxygen atoms in total. The maximum atomic E-state index is 13.2. The zero-order chi connectivity index (χ0) is 17.1. The summed E-state index contributed by atoms with van der Waals surface area (Å²) >= 11 is 8.03. The number of likely N-dealkylation sites (N-methyl/N-ethyl adjacent to an activating group) is 1. The van der Waals surface area contributed by atoms with E-state index < -0.39 is 0 Å². The maximum absolute atomic E-state index is 13.2. The van der Waals surface area contributed by atoms with E-state index in [0.29, 0.717) is 9.90 Å². The first kappa shape index (κ1) is 17.7. The van der Waals surface area contributed by atoms with Crippen molar-refractivity contribution in [3.63, 3.8) is 0 Å². The molecule has 1 aliphatic rings. The van der Waals surface area contributed by atoms with Crippen LogP contribution in [0.15, 0.2) is 24.3 Å². The van der Waals surface area contributed by atoms with Crippen molar-refractivity contribution in [2.24, 2.45) is 0 Å². The van der Waals surface area contributed by atoms with Crippen LogP contribution in [-0.2, 0) is 0 Å². The molecule has 1 aromatic heterocycles. The van der Waals surface area contributed by atoms with Crippen molar-refractivity contribution in [2.75, 3.05) is 26.2 Å². The summed E-state index contributed by atoms with van der Waals surface area (Å²) in [6.45, 7) is 8.24. The Morgan fingerprint density at radius 1 is 1.29 bits per heavy atom. The van der Waals surface area contributed by atoms with E-state index in [9.17, 15) is 4.79 Å². The molecule has 1 aliphatic heterocycles. The minimum atomic E-state index is 0.0785. The Labute approximate surface area is 153 Å². The van der Waals surface area contributed by atoms with Crippen LogP contribution in [0.4, 0.5) is 0 Å². The third kappa shape index (κ3) is 3.46. The van der Waals surface area contributed by atoms with E-state index in [0.717, 1.165) is 42.7 Å². The minimum absolute atomic E-state index is 0.0785. The molecule has 0 bridgehead atoms. The molecular formula is C19H25ClN2OS. The summed E-state index contributed by atoms with van der Waals surface area (Å²) in [6.07, 6.45) is 3.52. The van der Waals surface area contributed by atoms with Gasteiger partial charge in [-0.05, 0) is 45.3 Å². The van der Waals surface area contributed by atoms with Gasteiger partial charge in [0.2, 0.25) is 0 Å². The molecule has 1 saturated heterocycles. The molecule has 0 spiro atoms. The summed E-state index contributed by atoms with van der Waals surface area (Å²) < 4.78 is 1.08. The van der Waals surface area contributed by atoms with E-state index in [1.165, 1.54) is 24.2 Å². The minimum Gasteiger partial charge on any atom is -0.334 e. The van der Waals surface area contributed by atoms with Crippen LogP contribution in [0, 0.1) is 0 Å². The highest BCUT2D eigenvalue weighted by Gasteiger charge is 2.28. The molecule has 24 heavy (non-hydrogen) atoms. The third-order valence-electron chi connectivity index (χ3n) is 4.91. The lowest BCUT2D eigenvalue weighted by molar-refractivity contribution is 0.0650. The molecule has 2 aromatic rings. The first-order valence-corrected chi connectivity index (χ1v) is 10.1. The number of hydrogen-bond acceptors (Lipinski definition) is 3. The summed E-state index contributed by atoms with van der Waals surface area (Å²) in [5.41, 5.74) is 0. The largest absolute Gasteiger partial charge is 0.334 e. The van der Waals surface area contributed by atoms with Gasteiger partial charge >= 0.3 is 0 Å². The first-order valence-electron chi connectivity index (χ1n) is 8.86. The number of thiophene rings is 1. The highest BCUT2D eigenvalue weighted by Crippen LogP contribution is 2.36. The zero-order valence-electron chi connectivity index (χ0n) is 14.4. The van der Waals surface area contributed by atoms with Gasteiger partial charge in [0.25, 0.3) is 5.91 Å². The number of nitrogens with zero attached hydrogens (tertiary/aromatic N) is 2. The lowest BCUT2D eigenvalue weighted by Crippen LogP contribution is -2.46. The molecule has 1 unspecified atom stereocenters. The predicted octanol–water partition coefficient (Wildman–Crippen LogP) is 4.89. The van der Waals surface area contributed by atoms with Crippen LogP contribution in [0.1, 0.15) is 42.8 Å². The average molecular weight is 365 g/mol. The van der Waals surface area contributed by atoms with E-state index in [1.807, 2.05) is 29.2 Å². The summed E-state index contributed by atoms with van der Waals surface area (Å²) in [4.78, 5) is 18.3. The van der Waals surface area contributed by atoms with Gasteiger partial charge in [-0.25, -0.2) is 0 Å². The van der Waals surface area contributed by atoms with Crippen LogP contribution in [0.5, 0.6) is 0 Å². The molecule has 3 rings (SSSR count). The second-order valence-electron chi connectivity index (χ2n) is 6.40. The number of hydrogen-bond donors (Lipinski definition) is 0. The standard InChI is InChI=1S/C19H25ClN2OS/c1-3-14(13-21-11-7-8-12-21)22(4-2)19(23)18-17(20)15-9-5-6-10-16(15)24-18/h5-6,9-10,14H,3-4,7-8,11-13H2,1-2H3. The Morgan fingerprint density at radius 2 is 2.00 bits per heavy atom. The molecule has 1 amide bonds. The van der Waals surface area contributed by atoms with Gasteiger partial charge in [0.1, 0.15) is 4.88 Å². The number of halogens is 1. The van der Waals surface area contributed by atoms with Crippen molar-refractivity contribution in [2.45, 2.75) is 39.2 Å². The summed E-state index contributed by atoms with van der Waals surface area (Å²) in [5.74, 6) is 0.0785. The van der Waals surface area contributed by atoms with Gasteiger partial charge in [-0.3, -0.25) is 4.79 Å². The van der Waals surface area contributed by atoms with E-state index in [4.69, 9.17) is 11.6 Å². The van der Waals surface area contributed by atoms with Gasteiger partial charge in [-0.2, -0.15) is 0 Å². The Kier molecular flexibility index (Phi) is 5.80. The average Bonchev–Trinajstić information content (AvgIpc) is 3.23. The SMILES string of the molecule is CCC(CN1CCCC1)N(CC)C(=O)c1sc2ccccc2c1Cl. The molecule has 2 heterocycles. The fourth-order valence-electron chi connectivity index (χ4n) is 3.56. The molecular weight excluding hydrogens is 340 g/mol. The van der Waals surface area contributed by atoms with Gasteiger partial charge in [0, 0.05) is 29.2 Å². The maximum Gasteiger partial charge on any atom is 0.265 e. The molecule has 1 atom stereocenters. The van der Waals surface area contributed by atoms with Crippen LogP contribution in [-0.4, -0.2) is 47.9 Å². The Balaban J connectivity index is 1.84. The normalized spacial score (nSPS) is 16.6. The first-order chi connectivity index (χ1) is 11.7. The molecule has 1 aromatic carbocycles.